The van der Waals surface area contributed by atoms with Gasteiger partial charge in [-0.25, -0.2) is 0 Å². The standard InChI is InChI=1S/C7H16O5Si/c8-2-4-12-6-5-11-3-1-7-13(9)10/h8-9H,1-7H2. The topological polar surface area (TPSA) is 76.0 Å². The van der Waals surface area contributed by atoms with E-state index >= 15 is 0 Å². The van der Waals surface area contributed by atoms with E-state index < -0.39 is 8.93 Å². The molecule has 2 N–H and O–H groups in total. The monoisotopic (exact) mass is 208 g/mol. The van der Waals surface area contributed by atoms with Crippen molar-refractivity contribution in [3.63, 3.8) is 0 Å². The minimum Gasteiger partial charge on any atom is -0.540 e. The first-order valence-corrected chi connectivity index (χ1v) is 5.81. The van der Waals surface area contributed by atoms with Crippen LogP contribution in [0.3, 0.4) is 0 Å². The zero-order valence-corrected chi connectivity index (χ0v) is 8.57. The third-order valence-electron chi connectivity index (χ3n) is 1.29. The van der Waals surface area contributed by atoms with Gasteiger partial charge < -0.3 is 23.8 Å². The number of ether oxygens (including phenoxy) is 2. The van der Waals surface area contributed by atoms with Gasteiger partial charge in [-0.05, 0) is 6.42 Å². The maximum Gasteiger partial charge on any atom is 0.500 e. The molecular weight excluding hydrogens is 192 g/mol. The van der Waals surface area contributed by atoms with E-state index in [1.165, 1.54) is 0 Å². The van der Waals surface area contributed by atoms with Gasteiger partial charge in [-0.15, -0.1) is 0 Å². The van der Waals surface area contributed by atoms with E-state index in [9.17, 15) is 4.46 Å². The summed E-state index contributed by atoms with van der Waals surface area (Å²) in [5.74, 6) is 0. The van der Waals surface area contributed by atoms with Gasteiger partial charge in [0.1, 0.15) is 0 Å². The first kappa shape index (κ1) is 12.7. The van der Waals surface area contributed by atoms with Crippen molar-refractivity contribution >= 4 is 8.93 Å². The van der Waals surface area contributed by atoms with Crippen molar-refractivity contribution in [2.24, 2.45) is 0 Å². The Hall–Kier alpha value is -0.303. The Morgan fingerprint density at radius 2 is 1.69 bits per heavy atom. The summed E-state index contributed by atoms with van der Waals surface area (Å²) in [5, 5.41) is 8.34. The summed E-state index contributed by atoms with van der Waals surface area (Å²) < 4.78 is 20.3. The number of rotatable bonds is 9. The van der Waals surface area contributed by atoms with Crippen LogP contribution in [0.5, 0.6) is 0 Å². The van der Waals surface area contributed by atoms with Gasteiger partial charge in [-0.3, -0.25) is 0 Å². The maximum atomic E-state index is 10.3. The summed E-state index contributed by atoms with van der Waals surface area (Å²) in [7, 11) is -2.33. The molecule has 0 spiro atoms. The minimum absolute atomic E-state index is 0.0203. The zero-order chi connectivity index (χ0) is 9.94. The molecule has 0 atom stereocenters. The SMILES string of the molecule is O=[Si](O)CCCOCCOCCO. The lowest BCUT2D eigenvalue weighted by molar-refractivity contribution is 0.0332. The first-order valence-electron chi connectivity index (χ1n) is 4.25. The van der Waals surface area contributed by atoms with Crippen molar-refractivity contribution < 1.29 is 23.8 Å². The second-order valence-electron chi connectivity index (χ2n) is 2.45. The predicted octanol–water partition coefficient (Wildman–Crippen LogP) is -0.687. The molecule has 13 heavy (non-hydrogen) atoms. The van der Waals surface area contributed by atoms with Gasteiger partial charge in [-0.1, -0.05) is 0 Å². The average Bonchev–Trinajstić information content (AvgIpc) is 2.09. The summed E-state index contributed by atoms with van der Waals surface area (Å²) in [5.41, 5.74) is 0. The van der Waals surface area contributed by atoms with Gasteiger partial charge in [0.25, 0.3) is 0 Å². The van der Waals surface area contributed by atoms with Crippen molar-refractivity contribution in [2.45, 2.75) is 12.5 Å². The smallest absolute Gasteiger partial charge is 0.500 e. The van der Waals surface area contributed by atoms with Gasteiger partial charge in [0.15, 0.2) is 0 Å². The summed E-state index contributed by atoms with van der Waals surface area (Å²) >= 11 is 0. The Labute approximate surface area is 79.1 Å². The van der Waals surface area contributed by atoms with Crippen molar-refractivity contribution in [2.75, 3.05) is 33.0 Å². The van der Waals surface area contributed by atoms with E-state index in [2.05, 4.69) is 0 Å². The van der Waals surface area contributed by atoms with E-state index in [0.717, 1.165) is 0 Å². The van der Waals surface area contributed by atoms with Crippen LogP contribution in [0, 0.1) is 0 Å². The van der Waals surface area contributed by atoms with Crippen LogP contribution < -0.4 is 0 Å². The van der Waals surface area contributed by atoms with E-state index in [0.29, 0.717) is 38.9 Å². The number of hydrogen-bond acceptors (Lipinski definition) is 4. The highest BCUT2D eigenvalue weighted by Crippen LogP contribution is 1.90. The van der Waals surface area contributed by atoms with Gasteiger partial charge in [0, 0.05) is 12.7 Å². The minimum atomic E-state index is -2.33. The molecule has 0 rings (SSSR count). The normalized spacial score (nSPS) is 10.2. The Bertz CT molecular complexity index is 130. The fourth-order valence-corrected chi connectivity index (χ4v) is 1.16. The van der Waals surface area contributed by atoms with Gasteiger partial charge in [0.05, 0.1) is 26.4 Å². The van der Waals surface area contributed by atoms with Crippen LogP contribution in [0.4, 0.5) is 0 Å². The Kier molecular flexibility index (Phi) is 9.55. The molecule has 0 aliphatic rings. The molecule has 0 saturated carbocycles. The largest absolute Gasteiger partial charge is 0.540 e. The molecule has 0 unspecified atom stereocenters. The fourth-order valence-electron chi connectivity index (χ4n) is 0.712. The molecule has 0 fully saturated rings. The molecular formula is C7H16O5Si. The molecule has 6 heteroatoms. The summed E-state index contributed by atoms with van der Waals surface area (Å²) in [4.78, 5) is 8.46. The lowest BCUT2D eigenvalue weighted by Gasteiger charge is -2.03. The highest BCUT2D eigenvalue weighted by Gasteiger charge is 1.99. The number of hydrogen-bond donors (Lipinski definition) is 2. The van der Waals surface area contributed by atoms with E-state index in [4.69, 9.17) is 19.4 Å². The molecule has 0 aromatic carbocycles. The molecule has 0 aromatic rings. The van der Waals surface area contributed by atoms with Crippen LogP contribution in [-0.2, 0) is 13.9 Å². The molecule has 0 amide bonds. The summed E-state index contributed by atoms with van der Waals surface area (Å²) in [6.45, 7) is 1.75. The lowest BCUT2D eigenvalue weighted by atomic mass is 10.5. The van der Waals surface area contributed by atoms with Crippen molar-refractivity contribution in [1.29, 1.82) is 0 Å². The summed E-state index contributed by atoms with van der Waals surface area (Å²) in [6.07, 6.45) is 0.605. The van der Waals surface area contributed by atoms with Crippen LogP contribution >= 0.6 is 0 Å². The predicted molar refractivity (Wildman–Crippen MR) is 46.8 cm³/mol. The molecule has 5 nitrogen and oxygen atoms in total. The van der Waals surface area contributed by atoms with Crippen molar-refractivity contribution in [3.8, 4) is 0 Å². The third-order valence-corrected chi connectivity index (χ3v) is 2.07. The Morgan fingerprint density at radius 1 is 1.08 bits per heavy atom. The second-order valence-corrected chi connectivity index (χ2v) is 3.73. The summed E-state index contributed by atoms with van der Waals surface area (Å²) in [6, 6.07) is 0.322. The highest BCUT2D eigenvalue weighted by molar-refractivity contribution is 6.32. The van der Waals surface area contributed by atoms with Crippen LogP contribution in [0.1, 0.15) is 6.42 Å². The molecule has 0 saturated heterocycles. The molecule has 0 heterocycles. The number of aliphatic hydroxyl groups is 1. The van der Waals surface area contributed by atoms with Crippen LogP contribution in [-0.4, -0.2) is 51.9 Å². The molecule has 78 valence electrons. The van der Waals surface area contributed by atoms with E-state index in [1.54, 1.807) is 0 Å². The van der Waals surface area contributed by atoms with Crippen molar-refractivity contribution in [1.82, 2.24) is 0 Å². The lowest BCUT2D eigenvalue weighted by Crippen LogP contribution is -2.08. The number of aliphatic hydroxyl groups excluding tert-OH is 1. The van der Waals surface area contributed by atoms with E-state index in [-0.39, 0.29) is 6.61 Å². The van der Waals surface area contributed by atoms with Gasteiger partial charge in [0.2, 0.25) is 0 Å². The molecule has 0 bridgehead atoms. The van der Waals surface area contributed by atoms with Crippen LogP contribution in [0.2, 0.25) is 6.04 Å². The maximum absolute atomic E-state index is 10.3. The van der Waals surface area contributed by atoms with Crippen LogP contribution in [0.15, 0.2) is 0 Å². The van der Waals surface area contributed by atoms with Gasteiger partial charge >= 0.3 is 8.93 Å². The zero-order valence-electron chi connectivity index (χ0n) is 7.57. The molecule has 0 aliphatic heterocycles. The van der Waals surface area contributed by atoms with Crippen molar-refractivity contribution in [3.05, 3.63) is 0 Å². The molecule has 0 aliphatic carbocycles. The average molecular weight is 208 g/mol. The Balaban J connectivity index is 2.87. The van der Waals surface area contributed by atoms with Gasteiger partial charge in [-0.2, -0.15) is 0 Å². The molecule has 0 radical (unpaired) electrons. The highest BCUT2D eigenvalue weighted by atomic mass is 28.3. The fraction of sp³-hybridized carbons (Fsp3) is 1.00. The first-order chi connectivity index (χ1) is 6.27. The second kappa shape index (κ2) is 9.78. The quantitative estimate of drug-likeness (QED) is 0.387. The molecule has 0 aromatic heterocycles. The Morgan fingerprint density at radius 3 is 2.23 bits per heavy atom. The van der Waals surface area contributed by atoms with E-state index in [1.807, 2.05) is 0 Å². The van der Waals surface area contributed by atoms with Crippen LogP contribution in [0.25, 0.3) is 0 Å². The third kappa shape index (κ3) is 11.7.